The van der Waals surface area contributed by atoms with Gasteiger partial charge in [0.05, 0.1) is 6.54 Å². The quantitative estimate of drug-likeness (QED) is 0.478. The first-order valence-corrected chi connectivity index (χ1v) is 9.97. The Kier molecular flexibility index (Phi) is 5.81. The number of halogens is 5. The number of carbonyl (C=O) groups excluding carboxylic acids is 3. The van der Waals surface area contributed by atoms with Gasteiger partial charge in [-0.1, -0.05) is 30.3 Å². The number of carbonyl (C=O) groups is 3. The summed E-state index contributed by atoms with van der Waals surface area (Å²) in [5.41, 5.74) is 2.87. The van der Waals surface area contributed by atoms with E-state index < -0.39 is 43.5 Å². The van der Waals surface area contributed by atoms with E-state index in [0.29, 0.717) is 21.6 Å². The van der Waals surface area contributed by atoms with Crippen molar-refractivity contribution >= 4 is 17.8 Å². The molecule has 4 rings (SSSR count). The summed E-state index contributed by atoms with van der Waals surface area (Å²) in [6, 6.07) is 10.9. The number of fused-ring (bicyclic) bond motifs is 1. The van der Waals surface area contributed by atoms with E-state index in [0.717, 1.165) is 10.5 Å². The van der Waals surface area contributed by atoms with Gasteiger partial charge in [0.15, 0.2) is 0 Å². The van der Waals surface area contributed by atoms with Crippen LogP contribution in [0.25, 0.3) is 11.1 Å². The third-order valence-corrected chi connectivity index (χ3v) is 5.46. The normalized spacial score (nSPS) is 16.4. The van der Waals surface area contributed by atoms with Crippen molar-refractivity contribution in [1.29, 1.82) is 0 Å². The second-order valence-electron chi connectivity index (χ2n) is 7.88. The molecule has 0 N–H and O–H groups in total. The molecule has 2 aliphatic heterocycles. The van der Waals surface area contributed by atoms with E-state index in [1.165, 1.54) is 11.0 Å². The van der Waals surface area contributed by atoms with Gasteiger partial charge < -0.3 is 9.80 Å². The van der Waals surface area contributed by atoms with Gasteiger partial charge in [-0.05, 0) is 34.4 Å². The van der Waals surface area contributed by atoms with E-state index in [1.54, 1.807) is 36.4 Å². The fourth-order valence-electron chi connectivity index (χ4n) is 3.96. The lowest BCUT2D eigenvalue weighted by Gasteiger charge is -2.17. The summed E-state index contributed by atoms with van der Waals surface area (Å²) in [5, 5.41) is 0. The van der Waals surface area contributed by atoms with Crippen molar-refractivity contribution in [3.8, 4) is 11.1 Å². The Balaban J connectivity index is 1.45. The van der Waals surface area contributed by atoms with Gasteiger partial charge in [0.1, 0.15) is 13.1 Å². The van der Waals surface area contributed by atoms with Gasteiger partial charge in [-0.15, -0.1) is 0 Å². The molecular weight excluding hydrogens is 449 g/mol. The lowest BCUT2D eigenvalue weighted by molar-refractivity contribution is -0.141. The number of urea groups is 1. The van der Waals surface area contributed by atoms with Gasteiger partial charge in [0.25, 0.3) is 18.2 Å². The molecule has 0 radical (unpaired) electrons. The Hall–Kier alpha value is -3.50. The van der Waals surface area contributed by atoms with Crippen LogP contribution in [-0.4, -0.2) is 64.8 Å². The Morgan fingerprint density at radius 3 is 2.18 bits per heavy atom. The van der Waals surface area contributed by atoms with Crippen molar-refractivity contribution in [3.05, 3.63) is 59.2 Å². The van der Waals surface area contributed by atoms with Crippen LogP contribution in [0, 0.1) is 0 Å². The van der Waals surface area contributed by atoms with Crippen molar-refractivity contribution in [3.63, 3.8) is 0 Å². The van der Waals surface area contributed by atoms with Crippen LogP contribution in [0.15, 0.2) is 42.5 Å². The number of benzene rings is 2. The molecule has 2 heterocycles. The average molecular weight is 467 g/mol. The molecule has 0 saturated carbocycles. The second kappa shape index (κ2) is 8.45. The average Bonchev–Trinajstić information content (AvgIpc) is 3.17. The van der Waals surface area contributed by atoms with Crippen LogP contribution in [-0.2, 0) is 17.9 Å². The minimum absolute atomic E-state index is 0.0652. The largest absolute Gasteiger partial charge is 0.406 e. The summed E-state index contributed by atoms with van der Waals surface area (Å²) in [7, 11) is 0. The minimum atomic E-state index is -4.48. The molecule has 174 valence electrons. The maximum Gasteiger partial charge on any atom is 0.406 e. The highest BCUT2D eigenvalue weighted by molar-refractivity contribution is 6.02. The molecule has 0 bridgehead atoms. The molecule has 2 aromatic rings. The summed E-state index contributed by atoms with van der Waals surface area (Å²) in [6.07, 6.45) is -7.28. The Morgan fingerprint density at radius 1 is 0.879 bits per heavy atom. The van der Waals surface area contributed by atoms with E-state index in [4.69, 9.17) is 0 Å². The molecule has 2 aromatic carbocycles. The molecule has 2 aliphatic rings. The second-order valence-corrected chi connectivity index (χ2v) is 7.88. The highest BCUT2D eigenvalue weighted by Gasteiger charge is 2.38. The highest BCUT2D eigenvalue weighted by Crippen LogP contribution is 2.31. The monoisotopic (exact) mass is 467 g/mol. The van der Waals surface area contributed by atoms with Crippen molar-refractivity contribution < 1.29 is 36.3 Å². The van der Waals surface area contributed by atoms with Crippen LogP contribution >= 0.6 is 0 Å². The summed E-state index contributed by atoms with van der Waals surface area (Å²) >= 11 is 0. The first kappa shape index (κ1) is 22.7. The maximum atomic E-state index is 12.7. The first-order chi connectivity index (χ1) is 15.5. The molecule has 33 heavy (non-hydrogen) atoms. The van der Waals surface area contributed by atoms with Gasteiger partial charge in [0.2, 0.25) is 0 Å². The van der Waals surface area contributed by atoms with Gasteiger partial charge in [-0.2, -0.15) is 13.2 Å². The third-order valence-electron chi connectivity index (χ3n) is 5.46. The van der Waals surface area contributed by atoms with Crippen LogP contribution in [0.2, 0.25) is 0 Å². The molecule has 0 unspecified atom stereocenters. The van der Waals surface area contributed by atoms with E-state index in [2.05, 4.69) is 0 Å². The van der Waals surface area contributed by atoms with Crippen molar-refractivity contribution in [2.45, 2.75) is 25.7 Å². The standard InChI is InChI=1S/C22H18F5N3O3/c23-18(24)10-30-19(31)11-28(21(30)33)8-13-1-3-14(4-2-13)15-5-6-17-16(7-15)9-29(20(17)32)12-22(25,26)27/h1-7,18H,8-12H2. The number of imide groups is 1. The first-order valence-electron chi connectivity index (χ1n) is 9.97. The zero-order valence-corrected chi connectivity index (χ0v) is 17.1. The predicted octanol–water partition coefficient (Wildman–Crippen LogP) is 3.90. The van der Waals surface area contributed by atoms with Gasteiger partial charge in [-0.25, -0.2) is 13.6 Å². The number of alkyl halides is 5. The van der Waals surface area contributed by atoms with Crippen molar-refractivity contribution in [2.75, 3.05) is 19.6 Å². The SMILES string of the molecule is O=C1c2ccc(-c3ccc(CN4CC(=O)N(CC(F)F)C4=O)cc3)cc2CN1CC(F)(F)F. The van der Waals surface area contributed by atoms with Gasteiger partial charge in [-0.3, -0.25) is 14.5 Å². The van der Waals surface area contributed by atoms with E-state index in [1.807, 2.05) is 0 Å². The summed E-state index contributed by atoms with van der Waals surface area (Å²) < 4.78 is 63.2. The summed E-state index contributed by atoms with van der Waals surface area (Å²) in [5.74, 6) is -1.33. The fraction of sp³-hybridized carbons (Fsp3) is 0.318. The number of nitrogens with zero attached hydrogens (tertiary/aromatic N) is 3. The van der Waals surface area contributed by atoms with Crippen LogP contribution in [0.1, 0.15) is 21.5 Å². The van der Waals surface area contributed by atoms with Crippen molar-refractivity contribution in [2.24, 2.45) is 0 Å². The predicted molar refractivity (Wildman–Crippen MR) is 106 cm³/mol. The molecule has 0 aliphatic carbocycles. The lowest BCUT2D eigenvalue weighted by Crippen LogP contribution is -2.36. The fourth-order valence-corrected chi connectivity index (χ4v) is 3.96. The topological polar surface area (TPSA) is 60.9 Å². The van der Waals surface area contributed by atoms with Crippen LogP contribution in [0.5, 0.6) is 0 Å². The van der Waals surface area contributed by atoms with Gasteiger partial charge >= 0.3 is 12.2 Å². The third kappa shape index (κ3) is 4.81. The van der Waals surface area contributed by atoms with Crippen LogP contribution in [0.4, 0.5) is 26.7 Å². The molecule has 1 fully saturated rings. The number of amides is 4. The smallest absolute Gasteiger partial charge is 0.325 e. The Bertz CT molecular complexity index is 1100. The number of hydrogen-bond acceptors (Lipinski definition) is 3. The molecule has 0 spiro atoms. The summed E-state index contributed by atoms with van der Waals surface area (Å²) in [6.45, 7) is -2.58. The van der Waals surface area contributed by atoms with E-state index in [-0.39, 0.29) is 25.2 Å². The molecule has 11 heteroatoms. The molecule has 4 amide bonds. The Morgan fingerprint density at radius 2 is 1.55 bits per heavy atom. The zero-order chi connectivity index (χ0) is 23.9. The maximum absolute atomic E-state index is 12.7. The molecular formula is C22H18F5N3O3. The van der Waals surface area contributed by atoms with Crippen molar-refractivity contribution in [1.82, 2.24) is 14.7 Å². The van der Waals surface area contributed by atoms with Crippen LogP contribution in [0.3, 0.4) is 0 Å². The molecule has 1 saturated heterocycles. The minimum Gasteiger partial charge on any atom is -0.325 e. The molecule has 0 atom stereocenters. The number of rotatable bonds is 6. The molecule has 0 aromatic heterocycles. The zero-order valence-electron chi connectivity index (χ0n) is 17.1. The van der Waals surface area contributed by atoms with E-state index in [9.17, 15) is 36.3 Å². The highest BCUT2D eigenvalue weighted by atomic mass is 19.4. The summed E-state index contributed by atoms with van der Waals surface area (Å²) in [4.78, 5) is 38.7. The Labute approximate surface area is 185 Å². The van der Waals surface area contributed by atoms with Gasteiger partial charge in [0, 0.05) is 18.7 Å². The van der Waals surface area contributed by atoms with E-state index >= 15 is 0 Å². The number of hydrogen-bond donors (Lipinski definition) is 0. The molecule has 6 nitrogen and oxygen atoms in total. The lowest BCUT2D eigenvalue weighted by atomic mass is 9.99. The van der Waals surface area contributed by atoms with Crippen LogP contribution < -0.4 is 0 Å².